The monoisotopic (exact) mass is 621 g/mol. The van der Waals surface area contributed by atoms with Crippen LogP contribution in [0.5, 0.6) is 0 Å². The second-order valence-electron chi connectivity index (χ2n) is 8.70. The highest BCUT2D eigenvalue weighted by molar-refractivity contribution is 7.07. The standard InChI is InChI=1S/C27H21Cl2N9O3S/c1-41-27(40)32-19-6-2-16(3-7-19)21-12-23(34-35-26(21)29)22(11-20-13-42-15-30-20)33-25(39)9-4-17-10-18(28)5-8-24(17)38-14-31-36-37-38/h2-10,12-15,22H,11H2,1H3,(H,32,40)(H,33,39)/t22-/m0/s1. The quantitative estimate of drug-likeness (QED) is 0.212. The highest BCUT2D eigenvalue weighted by Crippen LogP contribution is 2.30. The largest absolute Gasteiger partial charge is 0.453 e. The van der Waals surface area contributed by atoms with E-state index in [9.17, 15) is 9.59 Å². The Hall–Kier alpha value is -4.72. The van der Waals surface area contributed by atoms with Crippen LogP contribution in [0.2, 0.25) is 10.2 Å². The third-order valence-electron chi connectivity index (χ3n) is 5.97. The number of hydrogen-bond acceptors (Lipinski definition) is 10. The fourth-order valence-electron chi connectivity index (χ4n) is 3.97. The summed E-state index contributed by atoms with van der Waals surface area (Å²) in [5, 5.41) is 27.8. The van der Waals surface area contributed by atoms with Crippen molar-refractivity contribution in [2.45, 2.75) is 12.5 Å². The summed E-state index contributed by atoms with van der Waals surface area (Å²) in [4.78, 5) is 29.0. The zero-order valence-electron chi connectivity index (χ0n) is 21.8. The maximum atomic E-state index is 13.2. The van der Waals surface area contributed by atoms with Crippen molar-refractivity contribution in [2.24, 2.45) is 0 Å². The van der Waals surface area contributed by atoms with E-state index in [1.165, 1.54) is 35.5 Å². The van der Waals surface area contributed by atoms with Crippen LogP contribution in [0, 0.1) is 0 Å². The van der Waals surface area contributed by atoms with E-state index in [1.807, 2.05) is 5.38 Å². The molecular formula is C27H21Cl2N9O3S. The molecule has 212 valence electrons. The molecule has 2 N–H and O–H groups in total. The maximum absolute atomic E-state index is 13.2. The number of carbonyl (C=O) groups is 2. The topological polar surface area (TPSA) is 150 Å². The van der Waals surface area contributed by atoms with Gasteiger partial charge in [0.2, 0.25) is 5.91 Å². The minimum atomic E-state index is -0.578. The third-order valence-corrected chi connectivity index (χ3v) is 7.11. The molecule has 5 aromatic rings. The van der Waals surface area contributed by atoms with Gasteiger partial charge in [-0.2, -0.15) is 9.78 Å². The first kappa shape index (κ1) is 28.8. The van der Waals surface area contributed by atoms with Crippen molar-refractivity contribution in [3.8, 4) is 16.8 Å². The van der Waals surface area contributed by atoms with Gasteiger partial charge in [0.15, 0.2) is 5.15 Å². The van der Waals surface area contributed by atoms with Gasteiger partial charge in [0.05, 0.1) is 35.7 Å². The Kier molecular flexibility index (Phi) is 9.12. The van der Waals surface area contributed by atoms with Gasteiger partial charge in [-0.3, -0.25) is 10.1 Å². The van der Waals surface area contributed by atoms with Crippen LogP contribution in [0.25, 0.3) is 22.9 Å². The normalized spacial score (nSPS) is 11.8. The lowest BCUT2D eigenvalue weighted by Gasteiger charge is -2.17. The fourth-order valence-corrected chi connectivity index (χ4v) is 4.92. The number of nitrogens with one attached hydrogen (secondary N) is 2. The van der Waals surface area contributed by atoms with Gasteiger partial charge in [-0.1, -0.05) is 35.3 Å². The number of amides is 2. The summed E-state index contributed by atoms with van der Waals surface area (Å²) < 4.78 is 6.10. The number of rotatable bonds is 9. The molecule has 0 fully saturated rings. The SMILES string of the molecule is COC(=O)Nc1ccc(-c2cc([C@H](Cc3cscn3)NC(=O)C=Cc3cc(Cl)ccc3-n3cnnn3)nnc2Cl)cc1. The van der Waals surface area contributed by atoms with Crippen LogP contribution in [0.4, 0.5) is 10.5 Å². The summed E-state index contributed by atoms with van der Waals surface area (Å²) in [5.41, 5.74) is 6.15. The van der Waals surface area contributed by atoms with Gasteiger partial charge in [0, 0.05) is 39.7 Å². The number of thiazole rings is 1. The Morgan fingerprint density at radius 3 is 2.67 bits per heavy atom. The highest BCUT2D eigenvalue weighted by Gasteiger charge is 2.20. The smallest absolute Gasteiger partial charge is 0.411 e. The predicted molar refractivity (Wildman–Crippen MR) is 158 cm³/mol. The number of anilines is 1. The zero-order valence-corrected chi connectivity index (χ0v) is 24.1. The van der Waals surface area contributed by atoms with E-state index in [-0.39, 0.29) is 11.1 Å². The van der Waals surface area contributed by atoms with Crippen molar-refractivity contribution in [1.82, 2.24) is 40.7 Å². The van der Waals surface area contributed by atoms with Gasteiger partial charge in [-0.25, -0.2) is 9.78 Å². The first-order chi connectivity index (χ1) is 20.4. The van der Waals surface area contributed by atoms with E-state index >= 15 is 0 Å². The number of halogens is 2. The third kappa shape index (κ3) is 7.13. The maximum Gasteiger partial charge on any atom is 0.411 e. The van der Waals surface area contributed by atoms with Crippen molar-refractivity contribution >= 4 is 58.3 Å². The van der Waals surface area contributed by atoms with Crippen molar-refractivity contribution < 1.29 is 14.3 Å². The molecule has 15 heteroatoms. The number of hydrogen-bond donors (Lipinski definition) is 2. The van der Waals surface area contributed by atoms with Crippen LogP contribution in [0.15, 0.2) is 71.8 Å². The van der Waals surface area contributed by atoms with Crippen LogP contribution >= 0.6 is 34.5 Å². The number of tetrazole rings is 1. The predicted octanol–water partition coefficient (Wildman–Crippen LogP) is 5.17. The van der Waals surface area contributed by atoms with Crippen molar-refractivity contribution in [1.29, 1.82) is 0 Å². The molecule has 0 aliphatic rings. The van der Waals surface area contributed by atoms with Gasteiger partial charge in [0.25, 0.3) is 0 Å². The molecule has 0 radical (unpaired) electrons. The second kappa shape index (κ2) is 13.3. The van der Waals surface area contributed by atoms with E-state index < -0.39 is 12.1 Å². The lowest BCUT2D eigenvalue weighted by molar-refractivity contribution is -0.117. The number of aromatic nitrogens is 7. The molecule has 0 aliphatic carbocycles. The first-order valence-corrected chi connectivity index (χ1v) is 14.0. The number of benzene rings is 2. The Labute approximate surface area is 253 Å². The van der Waals surface area contributed by atoms with Crippen LogP contribution in [0.3, 0.4) is 0 Å². The van der Waals surface area contributed by atoms with Gasteiger partial charge >= 0.3 is 6.09 Å². The molecule has 3 heterocycles. The Balaban J connectivity index is 1.40. The van der Waals surface area contributed by atoms with Crippen molar-refractivity contribution in [3.05, 3.63) is 99.0 Å². The molecule has 0 spiro atoms. The summed E-state index contributed by atoms with van der Waals surface area (Å²) in [6, 6.07) is 13.3. The van der Waals surface area contributed by atoms with Crippen LogP contribution < -0.4 is 10.6 Å². The Morgan fingerprint density at radius 1 is 1.12 bits per heavy atom. The summed E-state index contributed by atoms with van der Waals surface area (Å²) in [5.74, 6) is -0.380. The first-order valence-electron chi connectivity index (χ1n) is 12.3. The Morgan fingerprint density at radius 2 is 1.95 bits per heavy atom. The van der Waals surface area contributed by atoms with E-state index in [0.717, 1.165) is 11.3 Å². The van der Waals surface area contributed by atoms with Gasteiger partial charge < -0.3 is 10.1 Å². The summed E-state index contributed by atoms with van der Waals surface area (Å²) in [6.07, 6.45) is 4.26. The van der Waals surface area contributed by atoms with E-state index in [0.29, 0.717) is 39.6 Å². The lowest BCUT2D eigenvalue weighted by Crippen LogP contribution is -2.29. The van der Waals surface area contributed by atoms with Gasteiger partial charge in [0.1, 0.15) is 6.33 Å². The van der Waals surface area contributed by atoms with Gasteiger partial charge in [-0.05, 0) is 58.5 Å². The molecule has 3 aromatic heterocycles. The Bertz CT molecular complexity index is 1710. The molecular weight excluding hydrogens is 601 g/mol. The van der Waals surface area contributed by atoms with Crippen molar-refractivity contribution in [2.75, 3.05) is 12.4 Å². The summed E-state index contributed by atoms with van der Waals surface area (Å²) in [6.45, 7) is 0. The summed E-state index contributed by atoms with van der Waals surface area (Å²) >= 11 is 14.1. The lowest BCUT2D eigenvalue weighted by atomic mass is 10.0. The van der Waals surface area contributed by atoms with E-state index in [4.69, 9.17) is 23.2 Å². The molecule has 0 bridgehead atoms. The molecule has 0 aliphatic heterocycles. The average Bonchev–Trinajstić information content (AvgIpc) is 3.72. The van der Waals surface area contributed by atoms with E-state index in [2.05, 4.69) is 46.1 Å². The van der Waals surface area contributed by atoms with Crippen LogP contribution in [0.1, 0.15) is 23.0 Å². The van der Waals surface area contributed by atoms with Crippen LogP contribution in [-0.2, 0) is 16.0 Å². The van der Waals surface area contributed by atoms with Crippen LogP contribution in [-0.4, -0.2) is 54.5 Å². The number of carbonyl (C=O) groups excluding carboxylic acids is 2. The second-order valence-corrected chi connectivity index (χ2v) is 10.2. The highest BCUT2D eigenvalue weighted by atomic mass is 35.5. The van der Waals surface area contributed by atoms with Gasteiger partial charge in [-0.15, -0.1) is 21.5 Å². The molecule has 5 rings (SSSR count). The number of nitrogens with zero attached hydrogens (tertiary/aromatic N) is 7. The molecule has 0 unspecified atom stereocenters. The van der Waals surface area contributed by atoms with E-state index in [1.54, 1.807) is 60.1 Å². The zero-order chi connectivity index (χ0) is 29.5. The minimum Gasteiger partial charge on any atom is -0.453 e. The molecule has 1 atom stereocenters. The minimum absolute atomic E-state index is 0.183. The molecule has 0 saturated carbocycles. The molecule has 2 aromatic carbocycles. The molecule has 0 saturated heterocycles. The number of methoxy groups -OCH3 is 1. The average molecular weight is 622 g/mol. The summed E-state index contributed by atoms with van der Waals surface area (Å²) in [7, 11) is 1.29. The molecule has 2 amide bonds. The number of ether oxygens (including phenoxy) is 1. The molecule has 12 nitrogen and oxygen atoms in total. The molecule has 42 heavy (non-hydrogen) atoms. The van der Waals surface area contributed by atoms with Crippen molar-refractivity contribution in [3.63, 3.8) is 0 Å². The fraction of sp³-hybridized carbons (Fsp3) is 0.111.